The van der Waals surface area contributed by atoms with Crippen LogP contribution in [0.4, 0.5) is 17.6 Å². The maximum atomic E-state index is 13.5. The summed E-state index contributed by atoms with van der Waals surface area (Å²) in [5.41, 5.74) is -0.519. The van der Waals surface area contributed by atoms with E-state index in [2.05, 4.69) is 4.98 Å². The molecule has 1 aromatic carbocycles. The Morgan fingerprint density at radius 1 is 1.00 bits per heavy atom. The van der Waals surface area contributed by atoms with Gasteiger partial charge in [-0.2, -0.15) is 0 Å². The molecule has 0 fully saturated rings. The minimum absolute atomic E-state index is 0.0512. The summed E-state index contributed by atoms with van der Waals surface area (Å²) >= 11 is 0. The number of hydrogen-bond acceptors (Lipinski definition) is 2. The normalized spacial score (nSPS) is 10.5. The largest absolute Gasteiger partial charge is 0.481 e. The van der Waals surface area contributed by atoms with Crippen LogP contribution in [-0.2, 0) is 0 Å². The third-order valence-electron chi connectivity index (χ3n) is 2.31. The van der Waals surface area contributed by atoms with Gasteiger partial charge in [-0.15, -0.1) is 0 Å². The summed E-state index contributed by atoms with van der Waals surface area (Å²) < 4.78 is 57.2. The monoisotopic (exact) mass is 257 g/mol. The van der Waals surface area contributed by atoms with Gasteiger partial charge in [-0.1, -0.05) is 6.07 Å². The lowest BCUT2D eigenvalue weighted by Gasteiger charge is -2.06. The van der Waals surface area contributed by atoms with Gasteiger partial charge in [0.15, 0.2) is 23.3 Å². The van der Waals surface area contributed by atoms with Crippen LogP contribution in [0.2, 0.25) is 0 Å². The van der Waals surface area contributed by atoms with Crippen LogP contribution in [0.25, 0.3) is 11.3 Å². The highest BCUT2D eigenvalue weighted by Gasteiger charge is 2.20. The van der Waals surface area contributed by atoms with Gasteiger partial charge in [-0.25, -0.2) is 22.5 Å². The maximum Gasteiger partial charge on any atom is 0.213 e. The highest BCUT2D eigenvalue weighted by atomic mass is 19.2. The highest BCUT2D eigenvalue weighted by molar-refractivity contribution is 5.60. The zero-order valence-electron chi connectivity index (χ0n) is 9.18. The molecule has 2 rings (SSSR count). The molecule has 0 saturated carbocycles. The molecule has 0 amide bonds. The van der Waals surface area contributed by atoms with E-state index in [0.29, 0.717) is 6.07 Å². The lowest BCUT2D eigenvalue weighted by Crippen LogP contribution is -2.00. The van der Waals surface area contributed by atoms with E-state index in [1.807, 2.05) is 0 Å². The molecule has 2 aromatic rings. The van der Waals surface area contributed by atoms with Crippen LogP contribution in [0.1, 0.15) is 0 Å². The first-order chi connectivity index (χ1) is 8.54. The van der Waals surface area contributed by atoms with Crippen LogP contribution in [0.5, 0.6) is 5.88 Å². The van der Waals surface area contributed by atoms with E-state index in [9.17, 15) is 17.6 Å². The fourth-order valence-electron chi connectivity index (χ4n) is 1.44. The van der Waals surface area contributed by atoms with E-state index in [1.54, 1.807) is 0 Å². The van der Waals surface area contributed by atoms with Gasteiger partial charge in [0.05, 0.1) is 12.8 Å². The van der Waals surface area contributed by atoms with Crippen LogP contribution in [0.15, 0.2) is 24.3 Å². The average Bonchev–Trinajstić information content (AvgIpc) is 2.40. The lowest BCUT2D eigenvalue weighted by atomic mass is 10.1. The van der Waals surface area contributed by atoms with Crippen molar-refractivity contribution in [2.75, 3.05) is 7.11 Å². The molecule has 6 heteroatoms. The Kier molecular flexibility index (Phi) is 3.18. The van der Waals surface area contributed by atoms with Crippen molar-refractivity contribution >= 4 is 0 Å². The SMILES string of the molecule is COc1cccc(-c2cc(F)c(F)c(F)c2F)n1. The molecule has 0 aliphatic carbocycles. The molecule has 1 aromatic heterocycles. The topological polar surface area (TPSA) is 22.1 Å². The van der Waals surface area contributed by atoms with Crippen LogP contribution < -0.4 is 4.74 Å². The van der Waals surface area contributed by atoms with Crippen molar-refractivity contribution in [1.82, 2.24) is 4.98 Å². The summed E-state index contributed by atoms with van der Waals surface area (Å²) in [5.74, 6) is -6.53. The third-order valence-corrected chi connectivity index (χ3v) is 2.31. The molecule has 0 saturated heterocycles. The molecule has 0 bridgehead atoms. The molecular weight excluding hydrogens is 250 g/mol. The van der Waals surface area contributed by atoms with Crippen molar-refractivity contribution in [2.45, 2.75) is 0 Å². The Balaban J connectivity index is 2.63. The van der Waals surface area contributed by atoms with Gasteiger partial charge in [0.2, 0.25) is 5.88 Å². The number of pyridine rings is 1. The van der Waals surface area contributed by atoms with Crippen LogP contribution >= 0.6 is 0 Å². The summed E-state index contributed by atoms with van der Waals surface area (Å²) in [6.07, 6.45) is 0. The molecule has 0 atom stereocenters. The van der Waals surface area contributed by atoms with E-state index < -0.39 is 28.8 Å². The lowest BCUT2D eigenvalue weighted by molar-refractivity contribution is 0.397. The molecule has 0 aliphatic heterocycles. The summed E-state index contributed by atoms with van der Waals surface area (Å²) in [5, 5.41) is 0. The predicted molar refractivity (Wildman–Crippen MR) is 56.1 cm³/mol. The smallest absolute Gasteiger partial charge is 0.213 e. The van der Waals surface area contributed by atoms with Gasteiger partial charge in [0.25, 0.3) is 0 Å². The number of aromatic nitrogens is 1. The number of methoxy groups -OCH3 is 1. The van der Waals surface area contributed by atoms with Crippen LogP contribution in [0, 0.1) is 23.3 Å². The Morgan fingerprint density at radius 3 is 2.39 bits per heavy atom. The first-order valence-electron chi connectivity index (χ1n) is 4.89. The predicted octanol–water partition coefficient (Wildman–Crippen LogP) is 3.31. The number of benzene rings is 1. The minimum Gasteiger partial charge on any atom is -0.481 e. The molecule has 94 valence electrons. The van der Waals surface area contributed by atoms with Crippen LogP contribution in [-0.4, -0.2) is 12.1 Å². The zero-order chi connectivity index (χ0) is 13.3. The van der Waals surface area contributed by atoms with Crippen molar-refractivity contribution in [3.8, 4) is 17.1 Å². The molecule has 0 radical (unpaired) electrons. The number of hydrogen-bond donors (Lipinski definition) is 0. The van der Waals surface area contributed by atoms with Crippen molar-refractivity contribution in [3.63, 3.8) is 0 Å². The van der Waals surface area contributed by atoms with Crippen molar-refractivity contribution < 1.29 is 22.3 Å². The van der Waals surface area contributed by atoms with Gasteiger partial charge in [-0.05, 0) is 12.1 Å². The van der Waals surface area contributed by atoms with E-state index in [0.717, 1.165) is 0 Å². The van der Waals surface area contributed by atoms with Gasteiger partial charge < -0.3 is 4.74 Å². The summed E-state index contributed by atoms with van der Waals surface area (Å²) in [6, 6.07) is 4.84. The molecule has 0 N–H and O–H groups in total. The first kappa shape index (κ1) is 12.3. The molecular formula is C12H7F4NO. The number of nitrogens with zero attached hydrogens (tertiary/aromatic N) is 1. The summed E-state index contributed by atoms with van der Waals surface area (Å²) in [6.45, 7) is 0. The second-order valence-corrected chi connectivity index (χ2v) is 3.41. The number of rotatable bonds is 2. The minimum atomic E-state index is -1.87. The molecule has 0 aliphatic rings. The number of halogens is 4. The van der Waals surface area contributed by atoms with E-state index in [-0.39, 0.29) is 11.6 Å². The quantitative estimate of drug-likeness (QED) is 0.468. The van der Waals surface area contributed by atoms with Crippen molar-refractivity contribution in [3.05, 3.63) is 47.5 Å². The summed E-state index contributed by atoms with van der Waals surface area (Å²) in [7, 11) is 1.34. The van der Waals surface area contributed by atoms with E-state index >= 15 is 0 Å². The molecule has 18 heavy (non-hydrogen) atoms. The highest BCUT2D eigenvalue weighted by Crippen LogP contribution is 2.27. The van der Waals surface area contributed by atoms with Gasteiger partial charge in [0, 0.05) is 11.6 Å². The Morgan fingerprint density at radius 2 is 1.72 bits per heavy atom. The molecule has 2 nitrogen and oxygen atoms in total. The van der Waals surface area contributed by atoms with Crippen molar-refractivity contribution in [1.29, 1.82) is 0 Å². The zero-order valence-corrected chi connectivity index (χ0v) is 9.18. The van der Waals surface area contributed by atoms with Gasteiger partial charge in [-0.3, -0.25) is 0 Å². The molecule has 1 heterocycles. The van der Waals surface area contributed by atoms with E-state index in [4.69, 9.17) is 4.74 Å². The van der Waals surface area contributed by atoms with Gasteiger partial charge in [0.1, 0.15) is 0 Å². The Bertz CT molecular complexity index is 601. The molecule has 0 spiro atoms. The fourth-order valence-corrected chi connectivity index (χ4v) is 1.44. The van der Waals surface area contributed by atoms with Gasteiger partial charge >= 0.3 is 0 Å². The Hall–Kier alpha value is -2.11. The maximum absolute atomic E-state index is 13.5. The van der Waals surface area contributed by atoms with E-state index in [1.165, 1.54) is 25.3 Å². The standard InChI is InChI=1S/C12H7F4NO/c1-18-9-4-2-3-8(17-9)6-5-7(13)11(15)12(16)10(6)14/h2-5H,1H3. The third kappa shape index (κ3) is 2.01. The molecule has 0 unspecified atom stereocenters. The number of ether oxygens (including phenoxy) is 1. The second-order valence-electron chi connectivity index (χ2n) is 3.41. The fraction of sp³-hybridized carbons (Fsp3) is 0.0833. The summed E-state index contributed by atoms with van der Waals surface area (Å²) in [4.78, 5) is 3.82. The van der Waals surface area contributed by atoms with Crippen LogP contribution in [0.3, 0.4) is 0 Å². The average molecular weight is 257 g/mol. The first-order valence-corrected chi connectivity index (χ1v) is 4.89. The van der Waals surface area contributed by atoms with Crippen molar-refractivity contribution in [2.24, 2.45) is 0 Å². The Labute approximate surface area is 99.8 Å². The second kappa shape index (κ2) is 4.64.